The van der Waals surface area contributed by atoms with Crippen molar-refractivity contribution in [3.63, 3.8) is 0 Å². The van der Waals surface area contributed by atoms with E-state index in [0.29, 0.717) is 31.8 Å². The van der Waals surface area contributed by atoms with E-state index in [1.54, 1.807) is 0 Å². The molecule has 0 spiro atoms. The van der Waals surface area contributed by atoms with Crippen LogP contribution in [-0.2, 0) is 16.0 Å². The highest BCUT2D eigenvalue weighted by atomic mass is 16.5. The van der Waals surface area contributed by atoms with Crippen LogP contribution in [0.5, 0.6) is 0 Å². The van der Waals surface area contributed by atoms with Gasteiger partial charge in [0.15, 0.2) is 5.82 Å². The number of amides is 1. The Morgan fingerprint density at radius 2 is 2.00 bits per heavy atom. The maximum atomic E-state index is 12.2. The maximum absolute atomic E-state index is 12.2. The minimum absolute atomic E-state index is 0.113. The number of morpholine rings is 1. The van der Waals surface area contributed by atoms with E-state index in [0.717, 1.165) is 12.2 Å². The summed E-state index contributed by atoms with van der Waals surface area (Å²) in [6, 6.07) is 0. The minimum atomic E-state index is 0.113. The molecule has 0 bridgehead atoms. The summed E-state index contributed by atoms with van der Waals surface area (Å²) in [4.78, 5) is 18.4. The van der Waals surface area contributed by atoms with Crippen molar-refractivity contribution in [2.45, 2.75) is 65.1 Å². The number of aryl methyl sites for hydroxylation is 1. The van der Waals surface area contributed by atoms with Crippen molar-refractivity contribution in [2.75, 3.05) is 13.1 Å². The first kappa shape index (κ1) is 15.9. The molecule has 0 N–H and O–H groups in total. The molecule has 2 rings (SSSR count). The third-order valence-electron chi connectivity index (χ3n) is 3.55. The lowest BCUT2D eigenvalue weighted by Gasteiger charge is -2.35. The van der Waals surface area contributed by atoms with Crippen LogP contribution < -0.4 is 0 Å². The largest absolute Gasteiger partial charge is 0.372 e. The van der Waals surface area contributed by atoms with Crippen LogP contribution in [0.15, 0.2) is 4.52 Å². The van der Waals surface area contributed by atoms with Gasteiger partial charge in [0.2, 0.25) is 11.8 Å². The molecule has 0 unspecified atom stereocenters. The summed E-state index contributed by atoms with van der Waals surface area (Å²) >= 11 is 0. The van der Waals surface area contributed by atoms with E-state index < -0.39 is 0 Å². The van der Waals surface area contributed by atoms with E-state index in [-0.39, 0.29) is 24.0 Å². The summed E-state index contributed by atoms with van der Waals surface area (Å²) in [5.74, 6) is 1.79. The lowest BCUT2D eigenvalue weighted by atomic mass is 10.1. The first-order valence-corrected chi connectivity index (χ1v) is 7.71. The van der Waals surface area contributed by atoms with Crippen LogP contribution in [0, 0.1) is 0 Å². The predicted octanol–water partition coefficient (Wildman–Crippen LogP) is 2.15. The topological polar surface area (TPSA) is 68.5 Å². The van der Waals surface area contributed by atoms with Crippen LogP contribution in [-0.4, -0.2) is 46.2 Å². The summed E-state index contributed by atoms with van der Waals surface area (Å²) in [6.07, 6.45) is 2.13. The van der Waals surface area contributed by atoms with Crippen molar-refractivity contribution in [2.24, 2.45) is 0 Å². The molecule has 1 aliphatic heterocycles. The smallest absolute Gasteiger partial charge is 0.226 e. The van der Waals surface area contributed by atoms with Gasteiger partial charge >= 0.3 is 0 Å². The van der Waals surface area contributed by atoms with Gasteiger partial charge in [-0.3, -0.25) is 4.79 Å². The number of hydrogen-bond donors (Lipinski definition) is 0. The van der Waals surface area contributed by atoms with E-state index in [1.807, 2.05) is 32.6 Å². The van der Waals surface area contributed by atoms with Gasteiger partial charge in [0.25, 0.3) is 0 Å². The highest BCUT2D eigenvalue weighted by Crippen LogP contribution is 2.14. The standard InChI is InChI=1S/C15H25N3O3/c1-10(2)15-16-13(21-17-15)6-5-7-14(19)18-8-11(3)20-12(4)9-18/h10-12H,5-9H2,1-4H3/t11-,12-/m0/s1. The summed E-state index contributed by atoms with van der Waals surface area (Å²) in [5.41, 5.74) is 0. The molecule has 1 saturated heterocycles. The van der Waals surface area contributed by atoms with E-state index >= 15 is 0 Å². The molecule has 6 heteroatoms. The van der Waals surface area contributed by atoms with Gasteiger partial charge in [-0.05, 0) is 20.3 Å². The molecular weight excluding hydrogens is 270 g/mol. The lowest BCUT2D eigenvalue weighted by Crippen LogP contribution is -2.48. The van der Waals surface area contributed by atoms with Gasteiger partial charge in [0.05, 0.1) is 12.2 Å². The zero-order valence-corrected chi connectivity index (χ0v) is 13.3. The first-order valence-electron chi connectivity index (χ1n) is 7.71. The average Bonchev–Trinajstić information content (AvgIpc) is 2.86. The predicted molar refractivity (Wildman–Crippen MR) is 77.9 cm³/mol. The summed E-state index contributed by atoms with van der Waals surface area (Å²) in [6.45, 7) is 9.42. The molecule has 21 heavy (non-hydrogen) atoms. The molecule has 0 aromatic carbocycles. The van der Waals surface area contributed by atoms with Gasteiger partial charge < -0.3 is 14.2 Å². The van der Waals surface area contributed by atoms with Gasteiger partial charge in [-0.1, -0.05) is 19.0 Å². The Balaban J connectivity index is 1.76. The number of carbonyl (C=O) groups excluding carboxylic acids is 1. The molecule has 0 radical (unpaired) electrons. The molecule has 1 amide bonds. The fourth-order valence-electron chi connectivity index (χ4n) is 2.53. The van der Waals surface area contributed by atoms with Crippen molar-refractivity contribution in [1.82, 2.24) is 15.0 Å². The maximum Gasteiger partial charge on any atom is 0.226 e. The summed E-state index contributed by atoms with van der Waals surface area (Å²) in [5, 5.41) is 3.93. The van der Waals surface area contributed by atoms with Crippen LogP contribution in [0.4, 0.5) is 0 Å². The van der Waals surface area contributed by atoms with Crippen molar-refractivity contribution < 1.29 is 14.1 Å². The Labute approximate surface area is 125 Å². The first-order chi connectivity index (χ1) is 9.95. The van der Waals surface area contributed by atoms with Crippen molar-refractivity contribution in [1.29, 1.82) is 0 Å². The van der Waals surface area contributed by atoms with Gasteiger partial charge in [0.1, 0.15) is 0 Å². The fraction of sp³-hybridized carbons (Fsp3) is 0.800. The van der Waals surface area contributed by atoms with Crippen LogP contribution in [0.2, 0.25) is 0 Å². The molecule has 2 atom stereocenters. The fourth-order valence-corrected chi connectivity index (χ4v) is 2.53. The number of aromatic nitrogens is 2. The Bertz CT molecular complexity index is 462. The van der Waals surface area contributed by atoms with Crippen LogP contribution in [0.25, 0.3) is 0 Å². The monoisotopic (exact) mass is 295 g/mol. The van der Waals surface area contributed by atoms with E-state index in [2.05, 4.69) is 10.1 Å². The van der Waals surface area contributed by atoms with Crippen molar-refractivity contribution in [3.05, 3.63) is 11.7 Å². The average molecular weight is 295 g/mol. The third kappa shape index (κ3) is 4.52. The molecule has 1 aromatic heterocycles. The molecule has 2 heterocycles. The summed E-state index contributed by atoms with van der Waals surface area (Å²) < 4.78 is 10.8. The number of carbonyl (C=O) groups is 1. The lowest BCUT2D eigenvalue weighted by molar-refractivity contribution is -0.143. The highest BCUT2D eigenvalue weighted by molar-refractivity contribution is 5.76. The van der Waals surface area contributed by atoms with Crippen LogP contribution in [0.1, 0.15) is 58.2 Å². The molecular formula is C15H25N3O3. The SMILES string of the molecule is CC(C)c1noc(CCCC(=O)N2C[C@H](C)O[C@@H](C)C2)n1. The second-order valence-electron chi connectivity index (χ2n) is 6.11. The van der Waals surface area contributed by atoms with Crippen molar-refractivity contribution in [3.8, 4) is 0 Å². The zero-order valence-electron chi connectivity index (χ0n) is 13.3. The third-order valence-corrected chi connectivity index (χ3v) is 3.55. The second kappa shape index (κ2) is 7.02. The number of rotatable bonds is 5. The Hall–Kier alpha value is -1.43. The highest BCUT2D eigenvalue weighted by Gasteiger charge is 2.25. The number of hydrogen-bond acceptors (Lipinski definition) is 5. The van der Waals surface area contributed by atoms with Gasteiger partial charge in [0, 0.05) is 31.8 Å². The van der Waals surface area contributed by atoms with E-state index in [4.69, 9.17) is 9.26 Å². The quantitative estimate of drug-likeness (QED) is 0.832. The Morgan fingerprint density at radius 1 is 1.33 bits per heavy atom. The molecule has 1 aliphatic rings. The molecule has 0 aliphatic carbocycles. The normalized spacial score (nSPS) is 22.8. The molecule has 0 saturated carbocycles. The molecule has 118 valence electrons. The van der Waals surface area contributed by atoms with Gasteiger partial charge in [-0.15, -0.1) is 0 Å². The van der Waals surface area contributed by atoms with Crippen LogP contribution in [0.3, 0.4) is 0 Å². The van der Waals surface area contributed by atoms with E-state index in [1.165, 1.54) is 0 Å². The Morgan fingerprint density at radius 3 is 2.57 bits per heavy atom. The number of nitrogens with zero attached hydrogens (tertiary/aromatic N) is 3. The van der Waals surface area contributed by atoms with Crippen LogP contribution >= 0.6 is 0 Å². The Kier molecular flexibility index (Phi) is 5.33. The van der Waals surface area contributed by atoms with E-state index in [9.17, 15) is 4.79 Å². The minimum Gasteiger partial charge on any atom is -0.372 e. The van der Waals surface area contributed by atoms with Gasteiger partial charge in [-0.2, -0.15) is 4.98 Å². The molecule has 1 aromatic rings. The van der Waals surface area contributed by atoms with Crippen molar-refractivity contribution >= 4 is 5.91 Å². The van der Waals surface area contributed by atoms with Gasteiger partial charge in [-0.25, -0.2) is 0 Å². The second-order valence-corrected chi connectivity index (χ2v) is 6.11. The number of ether oxygens (including phenoxy) is 1. The molecule has 1 fully saturated rings. The summed E-state index contributed by atoms with van der Waals surface area (Å²) in [7, 11) is 0. The molecule has 6 nitrogen and oxygen atoms in total. The zero-order chi connectivity index (χ0) is 15.4.